The van der Waals surface area contributed by atoms with Gasteiger partial charge >= 0.3 is 0 Å². The molecule has 2 aromatic rings. The van der Waals surface area contributed by atoms with Crippen molar-refractivity contribution in [3.05, 3.63) is 54.1 Å². The Morgan fingerprint density at radius 3 is 2.22 bits per heavy atom. The molecule has 0 unspecified atom stereocenters. The minimum Gasteiger partial charge on any atom is -0.497 e. The number of ether oxygens (including phenoxy) is 2. The number of hydrogen-bond donors (Lipinski definition) is 2. The molecule has 12 heteroatoms. The van der Waals surface area contributed by atoms with Crippen LogP contribution in [0.4, 0.5) is 5.69 Å². The van der Waals surface area contributed by atoms with Crippen LogP contribution in [0.5, 0.6) is 5.75 Å². The summed E-state index contributed by atoms with van der Waals surface area (Å²) in [6.07, 6.45) is 0. The molecule has 32 heavy (non-hydrogen) atoms. The molecule has 0 saturated carbocycles. The van der Waals surface area contributed by atoms with Gasteiger partial charge in [-0.25, -0.2) is 16.8 Å². The fraction of sp³-hybridized carbons (Fsp3) is 0.350. The lowest BCUT2D eigenvalue weighted by Gasteiger charge is -2.26. The quantitative estimate of drug-likeness (QED) is 0.541. The summed E-state index contributed by atoms with van der Waals surface area (Å²) in [4.78, 5) is 12.3. The Kier molecular flexibility index (Phi) is 7.72. The third kappa shape index (κ3) is 6.19. The zero-order valence-corrected chi connectivity index (χ0v) is 19.1. The Hall–Kier alpha value is -2.67. The number of benzene rings is 2. The van der Waals surface area contributed by atoms with E-state index in [-0.39, 0.29) is 22.8 Å². The first kappa shape index (κ1) is 24.0. The van der Waals surface area contributed by atoms with Gasteiger partial charge in [0.15, 0.2) is 0 Å². The summed E-state index contributed by atoms with van der Waals surface area (Å²) < 4.78 is 63.6. The Morgan fingerprint density at radius 2 is 1.62 bits per heavy atom. The van der Waals surface area contributed by atoms with E-state index in [1.165, 1.54) is 35.7 Å². The van der Waals surface area contributed by atoms with Crippen molar-refractivity contribution in [3.63, 3.8) is 0 Å². The van der Waals surface area contributed by atoms with E-state index in [4.69, 9.17) is 9.47 Å². The number of sulfonamides is 2. The van der Waals surface area contributed by atoms with E-state index in [1.54, 1.807) is 24.3 Å². The average molecular weight is 484 g/mol. The monoisotopic (exact) mass is 483 g/mol. The lowest BCUT2D eigenvalue weighted by atomic mass is 10.2. The van der Waals surface area contributed by atoms with Crippen LogP contribution >= 0.6 is 0 Å². The van der Waals surface area contributed by atoms with Crippen LogP contribution in [0, 0.1) is 0 Å². The van der Waals surface area contributed by atoms with Crippen LogP contribution < -0.4 is 14.8 Å². The second kappa shape index (κ2) is 10.3. The second-order valence-corrected chi connectivity index (χ2v) is 10.7. The first-order valence-electron chi connectivity index (χ1n) is 9.82. The largest absolute Gasteiger partial charge is 0.497 e. The maximum Gasteiger partial charge on any atom is 0.261 e. The van der Waals surface area contributed by atoms with Gasteiger partial charge in [0.05, 0.1) is 31.0 Å². The molecule has 3 rings (SSSR count). The van der Waals surface area contributed by atoms with Gasteiger partial charge in [0.1, 0.15) is 5.75 Å². The summed E-state index contributed by atoms with van der Waals surface area (Å²) in [6.45, 7) is 1.26. The van der Waals surface area contributed by atoms with Gasteiger partial charge in [-0.3, -0.25) is 9.52 Å². The highest BCUT2D eigenvalue weighted by Crippen LogP contribution is 2.19. The van der Waals surface area contributed by atoms with Gasteiger partial charge < -0.3 is 14.8 Å². The van der Waals surface area contributed by atoms with Crippen molar-refractivity contribution in [1.29, 1.82) is 0 Å². The van der Waals surface area contributed by atoms with E-state index >= 15 is 0 Å². The number of nitrogens with one attached hydrogen (secondary N) is 2. The lowest BCUT2D eigenvalue weighted by Crippen LogP contribution is -2.43. The third-order valence-electron chi connectivity index (χ3n) is 4.78. The molecule has 2 aromatic carbocycles. The smallest absolute Gasteiger partial charge is 0.261 e. The fourth-order valence-electron chi connectivity index (χ4n) is 3.01. The second-order valence-electron chi connectivity index (χ2n) is 6.94. The molecular formula is C20H25N3O7S2. The minimum atomic E-state index is -3.84. The number of nitrogens with zero attached hydrogens (tertiary/aromatic N) is 1. The Morgan fingerprint density at radius 1 is 1.00 bits per heavy atom. The van der Waals surface area contributed by atoms with E-state index in [9.17, 15) is 21.6 Å². The molecule has 1 saturated heterocycles. The topological polar surface area (TPSA) is 131 Å². The molecule has 1 fully saturated rings. The number of methoxy groups -OCH3 is 1. The molecule has 0 radical (unpaired) electrons. The molecule has 0 spiro atoms. The summed E-state index contributed by atoms with van der Waals surface area (Å²) in [5.74, 6) is -0.118. The molecule has 10 nitrogen and oxygen atoms in total. The predicted molar refractivity (Wildman–Crippen MR) is 119 cm³/mol. The molecule has 0 bridgehead atoms. The summed E-state index contributed by atoms with van der Waals surface area (Å²) >= 11 is 0. The van der Waals surface area contributed by atoms with Crippen molar-refractivity contribution in [1.82, 2.24) is 9.62 Å². The Labute approximate surface area is 187 Å². The summed E-state index contributed by atoms with van der Waals surface area (Å²) in [5.41, 5.74) is 0.589. The minimum absolute atomic E-state index is 0.0141. The van der Waals surface area contributed by atoms with Crippen LogP contribution in [-0.2, 0) is 24.8 Å². The van der Waals surface area contributed by atoms with Gasteiger partial charge in [-0.1, -0.05) is 0 Å². The standard InChI is InChI=1S/C20H25N3O7S2/c1-29-18-6-4-17(5-7-18)22-32(27,28)19-8-2-16(3-9-19)20(24)21-10-15-31(25,26)23-11-13-30-14-12-23/h2-9,22H,10-15H2,1H3,(H,21,24). The highest BCUT2D eigenvalue weighted by molar-refractivity contribution is 7.92. The Balaban J connectivity index is 1.56. The fourth-order valence-corrected chi connectivity index (χ4v) is 5.39. The summed E-state index contributed by atoms with van der Waals surface area (Å²) in [6, 6.07) is 11.8. The van der Waals surface area contributed by atoms with Crippen LogP contribution in [0.3, 0.4) is 0 Å². The van der Waals surface area contributed by atoms with Gasteiger partial charge in [0.2, 0.25) is 10.0 Å². The number of carbonyl (C=O) groups is 1. The third-order valence-corrected chi connectivity index (χ3v) is 8.05. The normalized spacial score (nSPS) is 15.2. The highest BCUT2D eigenvalue weighted by atomic mass is 32.2. The molecule has 174 valence electrons. The summed E-state index contributed by atoms with van der Waals surface area (Å²) in [7, 11) is -5.81. The van der Waals surface area contributed by atoms with Crippen molar-refractivity contribution in [2.75, 3.05) is 50.4 Å². The average Bonchev–Trinajstić information content (AvgIpc) is 2.80. The molecule has 1 amide bonds. The SMILES string of the molecule is COc1ccc(NS(=O)(=O)c2ccc(C(=O)NCCS(=O)(=O)N3CCOCC3)cc2)cc1. The van der Waals surface area contributed by atoms with Gasteiger partial charge in [0, 0.05) is 30.9 Å². The molecule has 1 heterocycles. The van der Waals surface area contributed by atoms with Crippen LogP contribution in [0.2, 0.25) is 0 Å². The van der Waals surface area contributed by atoms with E-state index in [0.717, 1.165) is 0 Å². The Bertz CT molecular complexity index is 1130. The van der Waals surface area contributed by atoms with Crippen LogP contribution in [-0.4, -0.2) is 72.8 Å². The number of carbonyl (C=O) groups excluding carboxylic acids is 1. The number of rotatable bonds is 9. The number of amides is 1. The zero-order valence-electron chi connectivity index (χ0n) is 17.5. The van der Waals surface area contributed by atoms with Gasteiger partial charge in [-0.15, -0.1) is 0 Å². The number of anilines is 1. The van der Waals surface area contributed by atoms with E-state index < -0.39 is 26.0 Å². The number of morpholine rings is 1. The van der Waals surface area contributed by atoms with E-state index in [0.29, 0.717) is 37.7 Å². The maximum absolute atomic E-state index is 12.5. The molecule has 2 N–H and O–H groups in total. The first-order valence-corrected chi connectivity index (χ1v) is 12.9. The molecule has 1 aliphatic heterocycles. The molecular weight excluding hydrogens is 458 g/mol. The molecule has 0 aliphatic carbocycles. The van der Waals surface area contributed by atoms with Crippen molar-refractivity contribution >= 4 is 31.6 Å². The van der Waals surface area contributed by atoms with Crippen molar-refractivity contribution in [2.24, 2.45) is 0 Å². The number of hydrogen-bond acceptors (Lipinski definition) is 7. The summed E-state index contributed by atoms with van der Waals surface area (Å²) in [5, 5.41) is 2.55. The van der Waals surface area contributed by atoms with Crippen LogP contribution in [0.15, 0.2) is 53.4 Å². The first-order chi connectivity index (χ1) is 15.2. The van der Waals surface area contributed by atoms with Crippen LogP contribution in [0.25, 0.3) is 0 Å². The van der Waals surface area contributed by atoms with Gasteiger partial charge in [-0.2, -0.15) is 4.31 Å². The lowest BCUT2D eigenvalue weighted by molar-refractivity contribution is 0.0730. The van der Waals surface area contributed by atoms with E-state index in [2.05, 4.69) is 10.0 Å². The van der Waals surface area contributed by atoms with Crippen molar-refractivity contribution in [2.45, 2.75) is 4.90 Å². The van der Waals surface area contributed by atoms with Crippen molar-refractivity contribution in [3.8, 4) is 5.75 Å². The maximum atomic E-state index is 12.5. The predicted octanol–water partition coefficient (Wildman–Crippen LogP) is 0.888. The highest BCUT2D eigenvalue weighted by Gasteiger charge is 2.24. The molecule has 1 aliphatic rings. The van der Waals surface area contributed by atoms with Gasteiger partial charge in [0.25, 0.3) is 15.9 Å². The van der Waals surface area contributed by atoms with Crippen molar-refractivity contribution < 1.29 is 31.1 Å². The van der Waals surface area contributed by atoms with Gasteiger partial charge in [-0.05, 0) is 48.5 Å². The molecule has 0 aromatic heterocycles. The molecule has 0 atom stereocenters. The zero-order chi connectivity index (χ0) is 23.2. The van der Waals surface area contributed by atoms with E-state index in [1.807, 2.05) is 0 Å². The van der Waals surface area contributed by atoms with Crippen LogP contribution in [0.1, 0.15) is 10.4 Å².